The Morgan fingerprint density at radius 2 is 1.89 bits per heavy atom. The Morgan fingerprint density at radius 3 is 2.63 bits per heavy atom. The lowest BCUT2D eigenvalue weighted by atomic mass is 10.2. The van der Waals surface area contributed by atoms with Crippen LogP contribution in [0, 0.1) is 6.92 Å². The Labute approximate surface area is 113 Å². The van der Waals surface area contributed by atoms with Crippen LogP contribution < -0.4 is 10.1 Å². The van der Waals surface area contributed by atoms with Crippen LogP contribution in [-0.2, 0) is 6.54 Å². The molecular weight excluding hydrogens is 238 g/mol. The molecule has 4 nitrogen and oxygen atoms in total. The fraction of sp³-hybridized carbons (Fsp3) is 0.333. The van der Waals surface area contributed by atoms with Gasteiger partial charge in [-0.25, -0.2) is 4.98 Å². The molecule has 0 fully saturated rings. The molecule has 0 atom stereocenters. The summed E-state index contributed by atoms with van der Waals surface area (Å²) in [5, 5.41) is 3.37. The van der Waals surface area contributed by atoms with Gasteiger partial charge in [-0.05, 0) is 25.1 Å². The van der Waals surface area contributed by atoms with Crippen LogP contribution in [0.25, 0.3) is 0 Å². The molecule has 0 bridgehead atoms. The highest BCUT2D eigenvalue weighted by molar-refractivity contribution is 5.34. The zero-order valence-corrected chi connectivity index (χ0v) is 11.6. The highest BCUT2D eigenvalue weighted by Crippen LogP contribution is 2.24. The minimum Gasteiger partial charge on any atom is -0.437 e. The normalized spacial score (nSPS) is 10.7. The summed E-state index contributed by atoms with van der Waals surface area (Å²) in [6, 6.07) is 8.12. The van der Waals surface area contributed by atoms with Gasteiger partial charge in [-0.3, -0.25) is 4.98 Å². The number of nitrogens with zero attached hydrogens (tertiary/aromatic N) is 2. The number of ether oxygens (including phenoxy) is 1. The Bertz CT molecular complexity index is 540. The van der Waals surface area contributed by atoms with Gasteiger partial charge in [0.15, 0.2) is 5.75 Å². The van der Waals surface area contributed by atoms with E-state index in [4.69, 9.17) is 4.74 Å². The van der Waals surface area contributed by atoms with Crippen LogP contribution in [0.5, 0.6) is 11.6 Å². The molecule has 100 valence electrons. The largest absolute Gasteiger partial charge is 0.437 e. The molecule has 2 aromatic heterocycles. The van der Waals surface area contributed by atoms with Crippen LogP contribution in [-0.4, -0.2) is 16.0 Å². The molecule has 0 saturated heterocycles. The summed E-state index contributed by atoms with van der Waals surface area (Å²) in [6.45, 7) is 6.88. The van der Waals surface area contributed by atoms with Crippen molar-refractivity contribution in [3.05, 3.63) is 47.9 Å². The summed E-state index contributed by atoms with van der Waals surface area (Å²) in [5.41, 5.74) is 1.90. The van der Waals surface area contributed by atoms with E-state index >= 15 is 0 Å². The van der Waals surface area contributed by atoms with Crippen molar-refractivity contribution in [2.75, 3.05) is 0 Å². The van der Waals surface area contributed by atoms with Gasteiger partial charge in [0.05, 0.1) is 5.69 Å². The van der Waals surface area contributed by atoms with E-state index in [1.807, 2.05) is 31.2 Å². The highest BCUT2D eigenvalue weighted by atomic mass is 16.5. The first kappa shape index (κ1) is 13.5. The number of pyridine rings is 2. The van der Waals surface area contributed by atoms with Crippen molar-refractivity contribution in [2.24, 2.45) is 0 Å². The zero-order chi connectivity index (χ0) is 13.7. The van der Waals surface area contributed by atoms with Gasteiger partial charge in [0.1, 0.15) is 0 Å². The second kappa shape index (κ2) is 6.29. The fourth-order valence-corrected chi connectivity index (χ4v) is 1.65. The smallest absolute Gasteiger partial charge is 0.223 e. The molecule has 2 rings (SSSR count). The van der Waals surface area contributed by atoms with E-state index in [0.29, 0.717) is 11.9 Å². The number of aryl methyl sites for hydroxylation is 1. The molecule has 0 radical (unpaired) electrons. The Morgan fingerprint density at radius 1 is 1.16 bits per heavy atom. The first-order chi connectivity index (χ1) is 9.16. The maximum Gasteiger partial charge on any atom is 0.223 e. The van der Waals surface area contributed by atoms with Gasteiger partial charge in [0.2, 0.25) is 5.88 Å². The summed E-state index contributed by atoms with van der Waals surface area (Å²) in [6.07, 6.45) is 3.49. The standard InChI is InChI=1S/C15H19N3O/c1-11(2)18-10-13-6-4-9-17-15(13)19-14-7-5-8-16-12(14)3/h4-9,11,18H,10H2,1-3H3. The van der Waals surface area contributed by atoms with Gasteiger partial charge >= 0.3 is 0 Å². The van der Waals surface area contributed by atoms with E-state index in [-0.39, 0.29) is 0 Å². The Hall–Kier alpha value is -1.94. The first-order valence-corrected chi connectivity index (χ1v) is 6.43. The number of hydrogen-bond donors (Lipinski definition) is 1. The van der Waals surface area contributed by atoms with Crippen LogP contribution in [0.2, 0.25) is 0 Å². The summed E-state index contributed by atoms with van der Waals surface area (Å²) in [7, 11) is 0. The number of nitrogens with one attached hydrogen (secondary N) is 1. The monoisotopic (exact) mass is 257 g/mol. The molecule has 2 aromatic rings. The summed E-state index contributed by atoms with van der Waals surface area (Å²) in [4.78, 5) is 8.51. The number of hydrogen-bond acceptors (Lipinski definition) is 4. The molecular formula is C15H19N3O. The van der Waals surface area contributed by atoms with Gasteiger partial charge in [0.25, 0.3) is 0 Å². The second-order valence-electron chi connectivity index (χ2n) is 4.69. The molecule has 0 saturated carbocycles. The minimum absolute atomic E-state index is 0.424. The number of rotatable bonds is 5. The summed E-state index contributed by atoms with van der Waals surface area (Å²) < 4.78 is 5.86. The topological polar surface area (TPSA) is 47.0 Å². The van der Waals surface area contributed by atoms with Crippen molar-refractivity contribution in [3.8, 4) is 11.6 Å². The van der Waals surface area contributed by atoms with Gasteiger partial charge < -0.3 is 10.1 Å². The Kier molecular flexibility index (Phi) is 4.47. The van der Waals surface area contributed by atoms with Crippen LogP contribution >= 0.6 is 0 Å². The molecule has 2 heterocycles. The predicted molar refractivity (Wildman–Crippen MR) is 75.3 cm³/mol. The molecule has 19 heavy (non-hydrogen) atoms. The van der Waals surface area contributed by atoms with Gasteiger partial charge in [-0.1, -0.05) is 19.9 Å². The summed E-state index contributed by atoms with van der Waals surface area (Å²) >= 11 is 0. The lowest BCUT2D eigenvalue weighted by Gasteiger charge is -2.13. The molecule has 0 aliphatic heterocycles. The van der Waals surface area contributed by atoms with Crippen molar-refractivity contribution < 1.29 is 4.74 Å². The Balaban J connectivity index is 2.18. The molecule has 0 aromatic carbocycles. The fourth-order valence-electron chi connectivity index (χ4n) is 1.65. The van der Waals surface area contributed by atoms with Crippen molar-refractivity contribution >= 4 is 0 Å². The van der Waals surface area contributed by atoms with E-state index < -0.39 is 0 Å². The number of aromatic nitrogens is 2. The van der Waals surface area contributed by atoms with E-state index in [9.17, 15) is 0 Å². The van der Waals surface area contributed by atoms with Crippen LogP contribution in [0.3, 0.4) is 0 Å². The van der Waals surface area contributed by atoms with E-state index in [0.717, 1.165) is 23.6 Å². The van der Waals surface area contributed by atoms with Crippen LogP contribution in [0.15, 0.2) is 36.7 Å². The summed E-state index contributed by atoms with van der Waals surface area (Å²) in [5.74, 6) is 1.37. The molecule has 0 aliphatic rings. The molecule has 4 heteroatoms. The van der Waals surface area contributed by atoms with Crippen LogP contribution in [0.1, 0.15) is 25.1 Å². The molecule has 1 N–H and O–H groups in total. The molecule has 0 unspecified atom stereocenters. The van der Waals surface area contributed by atoms with Crippen molar-refractivity contribution in [3.63, 3.8) is 0 Å². The van der Waals surface area contributed by atoms with Gasteiger partial charge in [-0.2, -0.15) is 0 Å². The van der Waals surface area contributed by atoms with E-state index in [2.05, 4.69) is 29.1 Å². The minimum atomic E-state index is 0.424. The maximum absolute atomic E-state index is 5.86. The quantitative estimate of drug-likeness (QED) is 0.894. The van der Waals surface area contributed by atoms with Crippen molar-refractivity contribution in [1.29, 1.82) is 0 Å². The van der Waals surface area contributed by atoms with E-state index in [1.165, 1.54) is 0 Å². The van der Waals surface area contributed by atoms with Gasteiger partial charge in [-0.15, -0.1) is 0 Å². The SMILES string of the molecule is Cc1ncccc1Oc1ncccc1CNC(C)C. The van der Waals surface area contributed by atoms with Crippen molar-refractivity contribution in [1.82, 2.24) is 15.3 Å². The van der Waals surface area contributed by atoms with Crippen LogP contribution in [0.4, 0.5) is 0 Å². The predicted octanol–water partition coefficient (Wildman–Crippen LogP) is 3.08. The third-order valence-corrected chi connectivity index (χ3v) is 2.72. The molecule has 0 aliphatic carbocycles. The maximum atomic E-state index is 5.86. The lowest BCUT2D eigenvalue weighted by molar-refractivity contribution is 0.444. The average molecular weight is 257 g/mol. The third kappa shape index (κ3) is 3.76. The second-order valence-corrected chi connectivity index (χ2v) is 4.69. The van der Waals surface area contributed by atoms with Crippen molar-refractivity contribution in [2.45, 2.75) is 33.4 Å². The zero-order valence-electron chi connectivity index (χ0n) is 11.6. The third-order valence-electron chi connectivity index (χ3n) is 2.72. The van der Waals surface area contributed by atoms with Gasteiger partial charge in [0, 0.05) is 30.5 Å². The molecule has 0 amide bonds. The average Bonchev–Trinajstić information content (AvgIpc) is 2.40. The molecule has 0 spiro atoms. The first-order valence-electron chi connectivity index (χ1n) is 6.43. The lowest BCUT2D eigenvalue weighted by Crippen LogP contribution is -2.22. The highest BCUT2D eigenvalue weighted by Gasteiger charge is 2.08. The van der Waals surface area contributed by atoms with E-state index in [1.54, 1.807) is 12.4 Å².